The van der Waals surface area contributed by atoms with Gasteiger partial charge in [-0.15, -0.1) is 0 Å². The Balaban J connectivity index is 2.53. The second-order valence-electron chi connectivity index (χ2n) is 2.07. The van der Waals surface area contributed by atoms with Crippen molar-refractivity contribution in [3.63, 3.8) is 0 Å². The van der Waals surface area contributed by atoms with Crippen molar-refractivity contribution in [3.05, 3.63) is 0 Å². The maximum absolute atomic E-state index is 10.1. The molecule has 1 rings (SSSR count). The zero-order valence-corrected chi connectivity index (χ0v) is 5.16. The van der Waals surface area contributed by atoms with Crippen LogP contribution in [-0.4, -0.2) is 17.9 Å². The number of aliphatic imine (C=N–C) groups is 1. The van der Waals surface area contributed by atoms with E-state index in [1.54, 1.807) is 0 Å². The summed E-state index contributed by atoms with van der Waals surface area (Å²) in [5.41, 5.74) is 3.75. The molecular formula is C5H6N2O3. The molecule has 1 amide bonds. The van der Waals surface area contributed by atoms with Crippen LogP contribution in [0.15, 0.2) is 4.99 Å². The first-order chi connectivity index (χ1) is 4.68. The highest BCUT2D eigenvalue weighted by Crippen LogP contribution is 2.40. The van der Waals surface area contributed by atoms with Gasteiger partial charge >= 0.3 is 6.09 Å². The molecule has 0 atom stereocenters. The highest BCUT2D eigenvalue weighted by molar-refractivity contribution is 5.65. The van der Waals surface area contributed by atoms with Gasteiger partial charge in [0.05, 0.1) is 0 Å². The van der Waals surface area contributed by atoms with Gasteiger partial charge in [0.15, 0.2) is 0 Å². The minimum atomic E-state index is -0.951. The summed E-state index contributed by atoms with van der Waals surface area (Å²) in [5.74, 6) is 0. The molecule has 10 heavy (non-hydrogen) atoms. The largest absolute Gasteiger partial charge is 0.420 e. The predicted molar refractivity (Wildman–Crippen MR) is 30.8 cm³/mol. The zero-order valence-electron chi connectivity index (χ0n) is 5.16. The number of hydrogen-bond donors (Lipinski definition) is 1. The van der Waals surface area contributed by atoms with Crippen molar-refractivity contribution < 1.29 is 14.3 Å². The fraction of sp³-hybridized carbons (Fsp3) is 0.600. The van der Waals surface area contributed by atoms with E-state index in [-0.39, 0.29) is 0 Å². The van der Waals surface area contributed by atoms with Crippen LogP contribution in [0.4, 0.5) is 4.79 Å². The number of isocyanates is 1. The molecule has 0 spiro atoms. The first kappa shape index (κ1) is 6.77. The minimum Gasteiger partial charge on any atom is -0.420 e. The third-order valence-electron chi connectivity index (χ3n) is 1.22. The van der Waals surface area contributed by atoms with E-state index in [4.69, 9.17) is 5.73 Å². The molecule has 2 N–H and O–H groups in total. The summed E-state index contributed by atoms with van der Waals surface area (Å²) < 4.78 is 4.50. The average Bonchev–Trinajstić information content (AvgIpc) is 2.47. The Kier molecular flexibility index (Phi) is 1.43. The highest BCUT2D eigenvalue weighted by Gasteiger charge is 2.47. The number of carbonyl (C=O) groups excluding carboxylic acids is 2. The van der Waals surface area contributed by atoms with E-state index in [9.17, 15) is 9.59 Å². The van der Waals surface area contributed by atoms with Gasteiger partial charge in [-0.1, -0.05) is 0 Å². The molecule has 1 saturated carbocycles. The molecule has 1 fully saturated rings. The van der Waals surface area contributed by atoms with Crippen molar-refractivity contribution in [2.24, 2.45) is 10.7 Å². The molecule has 0 bridgehead atoms. The second-order valence-corrected chi connectivity index (χ2v) is 2.07. The molecule has 1 aliphatic carbocycles. The van der Waals surface area contributed by atoms with Crippen molar-refractivity contribution in [3.8, 4) is 0 Å². The van der Waals surface area contributed by atoms with Crippen LogP contribution in [0.1, 0.15) is 12.8 Å². The third-order valence-corrected chi connectivity index (χ3v) is 1.22. The van der Waals surface area contributed by atoms with Crippen molar-refractivity contribution in [2.75, 3.05) is 0 Å². The third kappa shape index (κ3) is 1.33. The Morgan fingerprint density at radius 3 is 2.60 bits per heavy atom. The van der Waals surface area contributed by atoms with Crippen LogP contribution in [0, 0.1) is 0 Å². The lowest BCUT2D eigenvalue weighted by atomic mass is 10.6. The molecule has 0 radical (unpaired) electrons. The lowest BCUT2D eigenvalue weighted by molar-refractivity contribution is 0.0966. The van der Waals surface area contributed by atoms with E-state index in [1.165, 1.54) is 6.08 Å². The van der Waals surface area contributed by atoms with Gasteiger partial charge in [-0.2, -0.15) is 4.99 Å². The van der Waals surface area contributed by atoms with Gasteiger partial charge in [0.1, 0.15) is 0 Å². The summed E-state index contributed by atoms with van der Waals surface area (Å²) in [7, 11) is 0. The lowest BCUT2D eigenvalue weighted by Gasteiger charge is -2.05. The van der Waals surface area contributed by atoms with Crippen molar-refractivity contribution in [1.29, 1.82) is 0 Å². The SMILES string of the molecule is NC(=O)OC1(N=C=O)CC1. The molecule has 1 aliphatic rings. The molecule has 0 saturated heterocycles. The molecule has 0 heterocycles. The van der Waals surface area contributed by atoms with Gasteiger partial charge < -0.3 is 10.5 Å². The van der Waals surface area contributed by atoms with Crippen LogP contribution in [0.2, 0.25) is 0 Å². The normalized spacial score (nSPS) is 18.8. The molecular weight excluding hydrogens is 136 g/mol. The van der Waals surface area contributed by atoms with E-state index in [0.29, 0.717) is 12.8 Å². The van der Waals surface area contributed by atoms with Gasteiger partial charge in [-0.05, 0) is 0 Å². The van der Waals surface area contributed by atoms with E-state index >= 15 is 0 Å². The van der Waals surface area contributed by atoms with Gasteiger partial charge in [0.2, 0.25) is 11.8 Å². The van der Waals surface area contributed by atoms with E-state index in [0.717, 1.165) is 0 Å². The van der Waals surface area contributed by atoms with E-state index in [2.05, 4.69) is 9.73 Å². The van der Waals surface area contributed by atoms with Gasteiger partial charge in [0, 0.05) is 12.8 Å². The average molecular weight is 142 g/mol. The molecule has 0 unspecified atom stereocenters. The molecule has 0 aromatic carbocycles. The summed E-state index contributed by atoms with van der Waals surface area (Å²) in [6.07, 6.45) is 1.53. The molecule has 5 nitrogen and oxygen atoms in total. The number of hydrogen-bond acceptors (Lipinski definition) is 4. The number of rotatable bonds is 2. The molecule has 0 aromatic rings. The first-order valence-electron chi connectivity index (χ1n) is 2.76. The minimum absolute atomic E-state index is 0.561. The molecule has 5 heteroatoms. The van der Waals surface area contributed by atoms with Crippen molar-refractivity contribution >= 4 is 12.2 Å². The zero-order chi connectivity index (χ0) is 7.61. The number of primary amides is 1. The van der Waals surface area contributed by atoms with E-state index < -0.39 is 11.8 Å². The summed E-state index contributed by atoms with van der Waals surface area (Å²) in [4.78, 5) is 23.1. The Labute approximate surface area is 56.9 Å². The number of ether oxygens (including phenoxy) is 1. The van der Waals surface area contributed by atoms with E-state index in [1.807, 2.05) is 0 Å². The number of carbonyl (C=O) groups is 1. The van der Waals surface area contributed by atoms with Gasteiger partial charge in [-0.3, -0.25) is 0 Å². The fourth-order valence-corrected chi connectivity index (χ4v) is 0.614. The highest BCUT2D eigenvalue weighted by atomic mass is 16.6. The van der Waals surface area contributed by atoms with Crippen LogP contribution >= 0.6 is 0 Å². The quantitative estimate of drug-likeness (QED) is 0.432. The Bertz CT molecular complexity index is 203. The summed E-state index contributed by atoms with van der Waals surface area (Å²) in [6.45, 7) is 0. The Morgan fingerprint density at radius 1 is 1.70 bits per heavy atom. The predicted octanol–water partition coefficient (Wildman–Crippen LogP) is -0.0924. The Morgan fingerprint density at radius 2 is 2.30 bits per heavy atom. The lowest BCUT2D eigenvalue weighted by Crippen LogP contribution is -2.22. The summed E-state index contributed by atoms with van der Waals surface area (Å²) in [6, 6.07) is 0. The molecule has 0 aromatic heterocycles. The van der Waals surface area contributed by atoms with Crippen LogP contribution in [0.3, 0.4) is 0 Å². The summed E-state index contributed by atoms with van der Waals surface area (Å²) in [5, 5.41) is 0. The van der Waals surface area contributed by atoms with Crippen molar-refractivity contribution in [1.82, 2.24) is 0 Å². The number of nitrogens with zero attached hydrogens (tertiary/aromatic N) is 1. The van der Waals surface area contributed by atoms with Crippen LogP contribution in [-0.2, 0) is 9.53 Å². The van der Waals surface area contributed by atoms with Gasteiger partial charge in [0.25, 0.3) is 0 Å². The second kappa shape index (κ2) is 2.11. The molecule has 0 aliphatic heterocycles. The fourth-order valence-electron chi connectivity index (χ4n) is 0.614. The Hall–Kier alpha value is -1.35. The standard InChI is InChI=1S/C5H6N2O3/c6-4(9)10-5(1-2-5)7-3-8/h1-2H2,(H2,6,9). The van der Waals surface area contributed by atoms with Crippen LogP contribution in [0.5, 0.6) is 0 Å². The molecule has 54 valence electrons. The number of amides is 1. The van der Waals surface area contributed by atoms with Crippen LogP contribution in [0.25, 0.3) is 0 Å². The summed E-state index contributed by atoms with van der Waals surface area (Å²) >= 11 is 0. The monoisotopic (exact) mass is 142 g/mol. The number of nitrogens with two attached hydrogens (primary N) is 1. The van der Waals surface area contributed by atoms with Crippen molar-refractivity contribution in [2.45, 2.75) is 18.6 Å². The smallest absolute Gasteiger partial charge is 0.406 e. The topological polar surface area (TPSA) is 81.8 Å². The first-order valence-corrected chi connectivity index (χ1v) is 2.76. The maximum Gasteiger partial charge on any atom is 0.406 e. The maximum atomic E-state index is 10.1. The van der Waals surface area contributed by atoms with Crippen LogP contribution < -0.4 is 5.73 Å². The van der Waals surface area contributed by atoms with Gasteiger partial charge in [-0.25, -0.2) is 9.59 Å².